The average molecular weight is 279 g/mol. The summed E-state index contributed by atoms with van der Waals surface area (Å²) < 4.78 is 11.5. The van der Waals surface area contributed by atoms with E-state index in [9.17, 15) is 0 Å². The van der Waals surface area contributed by atoms with E-state index in [0.717, 1.165) is 36.1 Å². The van der Waals surface area contributed by atoms with Crippen molar-refractivity contribution in [2.24, 2.45) is 0 Å². The predicted molar refractivity (Wildman–Crippen MR) is 79.6 cm³/mol. The Morgan fingerprint density at radius 1 is 1.16 bits per heavy atom. The second kappa shape index (κ2) is 6.06. The fraction of sp³-hybridized carbons (Fsp3) is 0.600. The number of nitrogens with one attached hydrogen (secondary N) is 1. The second-order valence-corrected chi connectivity index (χ2v) is 6.29. The highest BCUT2D eigenvalue weighted by atomic mass is 32.2. The summed E-state index contributed by atoms with van der Waals surface area (Å²) in [4.78, 5) is 0. The van der Waals surface area contributed by atoms with Crippen molar-refractivity contribution in [1.82, 2.24) is 5.32 Å². The van der Waals surface area contributed by atoms with Crippen LogP contribution in [-0.2, 0) is 0 Å². The molecule has 3 nitrogen and oxygen atoms in total. The average Bonchev–Trinajstić information content (AvgIpc) is 2.43. The van der Waals surface area contributed by atoms with Gasteiger partial charge in [-0.1, -0.05) is 6.07 Å². The monoisotopic (exact) mass is 279 g/mol. The van der Waals surface area contributed by atoms with Crippen LogP contribution in [-0.4, -0.2) is 37.8 Å². The first kappa shape index (κ1) is 13.1. The first-order valence-corrected chi connectivity index (χ1v) is 8.15. The minimum atomic E-state index is 0.363. The van der Waals surface area contributed by atoms with Gasteiger partial charge in [-0.3, -0.25) is 0 Å². The Balaban J connectivity index is 1.78. The maximum absolute atomic E-state index is 6.04. The van der Waals surface area contributed by atoms with Crippen molar-refractivity contribution in [2.75, 3.05) is 31.7 Å². The van der Waals surface area contributed by atoms with E-state index >= 15 is 0 Å². The lowest BCUT2D eigenvalue weighted by molar-refractivity contribution is 0.228. The van der Waals surface area contributed by atoms with Crippen molar-refractivity contribution in [3.05, 3.63) is 23.8 Å². The van der Waals surface area contributed by atoms with Crippen molar-refractivity contribution in [3.63, 3.8) is 0 Å². The summed E-state index contributed by atoms with van der Waals surface area (Å²) in [5.74, 6) is 4.63. The SMILES string of the molecule is COc1ccc(C2CCNCC2)cc1OC1CSC1. The van der Waals surface area contributed by atoms with Gasteiger partial charge in [-0.25, -0.2) is 0 Å². The number of piperidine rings is 1. The Morgan fingerprint density at radius 2 is 1.95 bits per heavy atom. The molecule has 104 valence electrons. The Hall–Kier alpha value is -0.870. The predicted octanol–water partition coefficient (Wildman–Crippen LogP) is 2.66. The molecule has 0 amide bonds. The third-order valence-corrected chi connectivity index (χ3v) is 5.11. The number of hydrogen-bond acceptors (Lipinski definition) is 4. The van der Waals surface area contributed by atoms with Crippen molar-refractivity contribution >= 4 is 11.8 Å². The van der Waals surface area contributed by atoms with Crippen LogP contribution in [0.2, 0.25) is 0 Å². The Labute approximate surface area is 119 Å². The summed E-state index contributed by atoms with van der Waals surface area (Å²) in [5, 5.41) is 3.41. The van der Waals surface area contributed by atoms with Crippen LogP contribution in [0.1, 0.15) is 24.3 Å². The Bertz CT molecular complexity index is 428. The molecule has 0 aromatic heterocycles. The highest BCUT2D eigenvalue weighted by Gasteiger charge is 2.23. The minimum absolute atomic E-state index is 0.363. The number of benzene rings is 1. The summed E-state index contributed by atoms with van der Waals surface area (Å²) >= 11 is 1.94. The summed E-state index contributed by atoms with van der Waals surface area (Å²) in [6, 6.07) is 6.44. The molecule has 2 aliphatic heterocycles. The molecule has 4 heteroatoms. The van der Waals surface area contributed by atoms with Gasteiger partial charge in [-0.15, -0.1) is 0 Å². The van der Waals surface area contributed by atoms with E-state index in [-0.39, 0.29) is 0 Å². The zero-order chi connectivity index (χ0) is 13.1. The van der Waals surface area contributed by atoms with Crippen molar-refractivity contribution in [3.8, 4) is 11.5 Å². The molecule has 0 spiro atoms. The van der Waals surface area contributed by atoms with Gasteiger partial charge >= 0.3 is 0 Å². The smallest absolute Gasteiger partial charge is 0.161 e. The van der Waals surface area contributed by atoms with E-state index in [1.807, 2.05) is 11.8 Å². The molecule has 1 aromatic rings. The number of methoxy groups -OCH3 is 1. The van der Waals surface area contributed by atoms with Gasteiger partial charge in [-0.2, -0.15) is 11.8 Å². The molecule has 0 atom stereocenters. The lowest BCUT2D eigenvalue weighted by atomic mass is 9.90. The summed E-state index contributed by atoms with van der Waals surface area (Å²) in [6.45, 7) is 2.23. The highest BCUT2D eigenvalue weighted by Crippen LogP contribution is 2.36. The third-order valence-electron chi connectivity index (χ3n) is 3.90. The molecule has 19 heavy (non-hydrogen) atoms. The summed E-state index contributed by atoms with van der Waals surface area (Å²) in [6.07, 6.45) is 2.79. The number of thioether (sulfide) groups is 1. The van der Waals surface area contributed by atoms with Gasteiger partial charge in [0, 0.05) is 11.5 Å². The van der Waals surface area contributed by atoms with Gasteiger partial charge in [0.15, 0.2) is 11.5 Å². The Kier molecular flexibility index (Phi) is 4.18. The standard InChI is InChI=1S/C15H21NO2S/c1-17-14-3-2-12(11-4-6-16-7-5-11)8-15(14)18-13-9-19-10-13/h2-3,8,11,13,16H,4-7,9-10H2,1H3. The molecule has 2 fully saturated rings. The van der Waals surface area contributed by atoms with Crippen LogP contribution in [0.4, 0.5) is 0 Å². The van der Waals surface area contributed by atoms with Crippen LogP contribution in [0, 0.1) is 0 Å². The maximum Gasteiger partial charge on any atom is 0.161 e. The van der Waals surface area contributed by atoms with E-state index in [0.29, 0.717) is 12.0 Å². The molecule has 0 unspecified atom stereocenters. The van der Waals surface area contributed by atoms with Crippen molar-refractivity contribution < 1.29 is 9.47 Å². The van der Waals surface area contributed by atoms with Crippen LogP contribution in [0.3, 0.4) is 0 Å². The largest absolute Gasteiger partial charge is 0.493 e. The minimum Gasteiger partial charge on any atom is -0.493 e. The van der Waals surface area contributed by atoms with Gasteiger partial charge in [0.2, 0.25) is 0 Å². The van der Waals surface area contributed by atoms with E-state index < -0.39 is 0 Å². The summed E-state index contributed by atoms with van der Waals surface area (Å²) in [5.41, 5.74) is 1.39. The van der Waals surface area contributed by atoms with Gasteiger partial charge in [0.1, 0.15) is 6.10 Å². The van der Waals surface area contributed by atoms with Crippen molar-refractivity contribution in [1.29, 1.82) is 0 Å². The molecule has 0 saturated carbocycles. The molecule has 2 saturated heterocycles. The van der Waals surface area contributed by atoms with Gasteiger partial charge in [-0.05, 0) is 49.5 Å². The quantitative estimate of drug-likeness (QED) is 0.918. The van der Waals surface area contributed by atoms with Crippen molar-refractivity contribution in [2.45, 2.75) is 24.9 Å². The highest BCUT2D eigenvalue weighted by molar-refractivity contribution is 8.00. The van der Waals surface area contributed by atoms with Crippen LogP contribution in [0.25, 0.3) is 0 Å². The molecule has 0 bridgehead atoms. The Morgan fingerprint density at radius 3 is 2.58 bits per heavy atom. The molecule has 1 N–H and O–H groups in total. The first-order chi connectivity index (χ1) is 9.36. The van der Waals surface area contributed by atoms with E-state index in [4.69, 9.17) is 9.47 Å². The molecule has 2 heterocycles. The van der Waals surface area contributed by atoms with Gasteiger partial charge in [0.25, 0.3) is 0 Å². The first-order valence-electron chi connectivity index (χ1n) is 7.00. The van der Waals surface area contributed by atoms with Crippen LogP contribution in [0.5, 0.6) is 11.5 Å². The van der Waals surface area contributed by atoms with E-state index in [1.54, 1.807) is 7.11 Å². The third kappa shape index (κ3) is 3.00. The zero-order valence-electron chi connectivity index (χ0n) is 11.4. The topological polar surface area (TPSA) is 30.5 Å². The molecule has 3 rings (SSSR count). The molecule has 2 aliphatic rings. The molecule has 1 aromatic carbocycles. The summed E-state index contributed by atoms with van der Waals surface area (Å²) in [7, 11) is 1.71. The van der Waals surface area contributed by atoms with Crippen LogP contribution in [0.15, 0.2) is 18.2 Å². The van der Waals surface area contributed by atoms with Gasteiger partial charge < -0.3 is 14.8 Å². The van der Waals surface area contributed by atoms with E-state index in [1.165, 1.54) is 18.4 Å². The lowest BCUT2D eigenvalue weighted by Gasteiger charge is -2.28. The van der Waals surface area contributed by atoms with E-state index in [2.05, 4.69) is 23.5 Å². The fourth-order valence-corrected chi connectivity index (χ4v) is 3.22. The molecule has 0 radical (unpaired) electrons. The van der Waals surface area contributed by atoms with Gasteiger partial charge in [0.05, 0.1) is 7.11 Å². The number of rotatable bonds is 4. The van der Waals surface area contributed by atoms with Crippen LogP contribution < -0.4 is 14.8 Å². The molecule has 0 aliphatic carbocycles. The second-order valence-electron chi connectivity index (χ2n) is 5.21. The number of ether oxygens (including phenoxy) is 2. The number of hydrogen-bond donors (Lipinski definition) is 1. The fourth-order valence-electron chi connectivity index (χ4n) is 2.66. The lowest BCUT2D eigenvalue weighted by Crippen LogP contribution is -2.31. The maximum atomic E-state index is 6.04. The molecular weight excluding hydrogens is 258 g/mol. The molecular formula is C15H21NO2S. The zero-order valence-corrected chi connectivity index (χ0v) is 12.2. The van der Waals surface area contributed by atoms with Crippen LogP contribution >= 0.6 is 11.8 Å². The normalized spacial score (nSPS) is 20.9.